The predicted octanol–water partition coefficient (Wildman–Crippen LogP) is 2.89. The number of piperidine rings is 1. The Morgan fingerprint density at radius 1 is 1.45 bits per heavy atom. The van der Waals surface area contributed by atoms with E-state index in [0.717, 1.165) is 30.0 Å². The molecule has 1 aliphatic heterocycles. The zero-order valence-corrected chi connectivity index (χ0v) is 12.0. The first kappa shape index (κ1) is 13.2. The lowest BCUT2D eigenvalue weighted by molar-refractivity contribution is 0.246. The molecular formula is C15H20N4O. The van der Waals surface area contributed by atoms with Crippen LogP contribution in [0.1, 0.15) is 43.7 Å². The lowest BCUT2D eigenvalue weighted by atomic mass is 9.90. The van der Waals surface area contributed by atoms with Crippen LogP contribution in [-0.4, -0.2) is 21.7 Å². The van der Waals surface area contributed by atoms with Crippen LogP contribution in [0.2, 0.25) is 0 Å². The molecule has 1 aliphatic rings. The lowest BCUT2D eigenvalue weighted by Crippen LogP contribution is -2.31. The van der Waals surface area contributed by atoms with E-state index in [-0.39, 0.29) is 6.04 Å². The Balaban J connectivity index is 1.82. The normalized spacial score (nSPS) is 22.9. The van der Waals surface area contributed by atoms with E-state index in [1.165, 1.54) is 12.8 Å². The Hall–Kier alpha value is -1.75. The zero-order valence-electron chi connectivity index (χ0n) is 12.0. The molecule has 2 aromatic rings. The van der Waals surface area contributed by atoms with E-state index in [1.54, 1.807) is 6.20 Å². The molecule has 0 saturated carbocycles. The third-order valence-electron chi connectivity index (χ3n) is 4.09. The minimum atomic E-state index is 0.192. The first-order valence-corrected chi connectivity index (χ1v) is 7.26. The third-order valence-corrected chi connectivity index (χ3v) is 4.09. The number of nitrogens with zero attached hydrogens (tertiary/aromatic N) is 3. The van der Waals surface area contributed by atoms with Gasteiger partial charge < -0.3 is 9.84 Å². The molecular weight excluding hydrogens is 252 g/mol. The van der Waals surface area contributed by atoms with Crippen molar-refractivity contribution in [2.45, 2.75) is 39.2 Å². The maximum absolute atomic E-state index is 5.46. The highest BCUT2D eigenvalue weighted by molar-refractivity contribution is 5.57. The topological polar surface area (TPSA) is 63.8 Å². The van der Waals surface area contributed by atoms with Gasteiger partial charge in [-0.15, -0.1) is 0 Å². The van der Waals surface area contributed by atoms with Crippen LogP contribution in [0, 0.1) is 12.8 Å². The minimum absolute atomic E-state index is 0.192. The Morgan fingerprint density at radius 2 is 2.35 bits per heavy atom. The molecule has 1 saturated heterocycles. The molecule has 0 aromatic carbocycles. The summed E-state index contributed by atoms with van der Waals surface area (Å²) in [6, 6.07) is 2.12. The fraction of sp³-hybridized carbons (Fsp3) is 0.533. The molecule has 0 amide bonds. The Kier molecular flexibility index (Phi) is 3.78. The number of aromatic nitrogens is 3. The van der Waals surface area contributed by atoms with Crippen molar-refractivity contribution in [2.24, 2.45) is 5.92 Å². The van der Waals surface area contributed by atoms with Crippen LogP contribution in [-0.2, 0) is 0 Å². The molecule has 0 radical (unpaired) electrons. The summed E-state index contributed by atoms with van der Waals surface area (Å²) >= 11 is 0. The van der Waals surface area contributed by atoms with Gasteiger partial charge in [-0.25, -0.2) is 0 Å². The molecule has 3 heterocycles. The van der Waals surface area contributed by atoms with Crippen molar-refractivity contribution in [3.05, 3.63) is 29.9 Å². The van der Waals surface area contributed by atoms with Gasteiger partial charge in [0.1, 0.15) is 0 Å². The summed E-state index contributed by atoms with van der Waals surface area (Å²) < 4.78 is 5.46. The van der Waals surface area contributed by atoms with Gasteiger partial charge in [0.15, 0.2) is 0 Å². The maximum Gasteiger partial charge on any atom is 0.244 e. The van der Waals surface area contributed by atoms with Crippen LogP contribution in [0.4, 0.5) is 0 Å². The third kappa shape index (κ3) is 2.58. The summed E-state index contributed by atoms with van der Waals surface area (Å²) in [6.07, 6.45) is 7.09. The average molecular weight is 272 g/mol. The fourth-order valence-electron chi connectivity index (χ4n) is 2.77. The molecule has 2 atom stereocenters. The standard InChI is InChI=1S/C15H20N4O/c1-3-11-4-7-17-13(8-11)15-18-14(19-20-15)12-5-6-16-9-10(12)2/h5-6,9,11,13,17H,3-4,7-8H2,1-2H3. The van der Waals surface area contributed by atoms with Crippen molar-refractivity contribution in [3.8, 4) is 11.4 Å². The van der Waals surface area contributed by atoms with E-state index in [9.17, 15) is 0 Å². The summed E-state index contributed by atoms with van der Waals surface area (Å²) in [5, 5.41) is 7.59. The number of hydrogen-bond donors (Lipinski definition) is 1. The van der Waals surface area contributed by atoms with Crippen LogP contribution >= 0.6 is 0 Å². The van der Waals surface area contributed by atoms with Crippen molar-refractivity contribution < 1.29 is 4.52 Å². The molecule has 0 bridgehead atoms. The maximum atomic E-state index is 5.46. The average Bonchev–Trinajstić information content (AvgIpc) is 2.97. The van der Waals surface area contributed by atoms with E-state index in [2.05, 4.69) is 27.4 Å². The van der Waals surface area contributed by atoms with Gasteiger partial charge in [0.25, 0.3) is 0 Å². The number of rotatable bonds is 3. The second kappa shape index (κ2) is 5.71. The molecule has 3 rings (SSSR count). The largest absolute Gasteiger partial charge is 0.337 e. The van der Waals surface area contributed by atoms with Gasteiger partial charge in [-0.3, -0.25) is 4.98 Å². The quantitative estimate of drug-likeness (QED) is 0.930. The molecule has 5 nitrogen and oxygen atoms in total. The molecule has 0 aliphatic carbocycles. The molecule has 2 unspecified atom stereocenters. The molecule has 5 heteroatoms. The van der Waals surface area contributed by atoms with Gasteiger partial charge in [0.05, 0.1) is 6.04 Å². The monoisotopic (exact) mass is 272 g/mol. The number of aryl methyl sites for hydroxylation is 1. The van der Waals surface area contributed by atoms with Crippen LogP contribution in [0.5, 0.6) is 0 Å². The highest BCUT2D eigenvalue weighted by Crippen LogP contribution is 2.29. The van der Waals surface area contributed by atoms with Crippen LogP contribution in [0.25, 0.3) is 11.4 Å². The van der Waals surface area contributed by atoms with Crippen molar-refractivity contribution in [1.82, 2.24) is 20.4 Å². The number of nitrogens with one attached hydrogen (secondary N) is 1. The minimum Gasteiger partial charge on any atom is -0.337 e. The van der Waals surface area contributed by atoms with Crippen LogP contribution in [0.3, 0.4) is 0 Å². The molecule has 20 heavy (non-hydrogen) atoms. The first-order chi connectivity index (χ1) is 9.78. The SMILES string of the molecule is CCC1CCNC(c2nc(-c3ccncc3C)no2)C1. The summed E-state index contributed by atoms with van der Waals surface area (Å²) in [7, 11) is 0. The fourth-order valence-corrected chi connectivity index (χ4v) is 2.77. The van der Waals surface area contributed by atoms with E-state index < -0.39 is 0 Å². The second-order valence-electron chi connectivity index (χ2n) is 5.45. The molecule has 106 valence electrons. The van der Waals surface area contributed by atoms with Crippen molar-refractivity contribution in [1.29, 1.82) is 0 Å². The highest BCUT2D eigenvalue weighted by atomic mass is 16.5. The van der Waals surface area contributed by atoms with Crippen molar-refractivity contribution >= 4 is 0 Å². The molecule has 1 N–H and O–H groups in total. The molecule has 2 aromatic heterocycles. The van der Waals surface area contributed by atoms with Crippen molar-refractivity contribution in [3.63, 3.8) is 0 Å². The summed E-state index contributed by atoms with van der Waals surface area (Å²) in [5.74, 6) is 2.11. The molecule has 0 spiro atoms. The summed E-state index contributed by atoms with van der Waals surface area (Å²) in [4.78, 5) is 8.66. The van der Waals surface area contributed by atoms with Gasteiger partial charge in [0.2, 0.25) is 11.7 Å². The van der Waals surface area contributed by atoms with E-state index in [0.29, 0.717) is 11.7 Å². The van der Waals surface area contributed by atoms with Crippen molar-refractivity contribution in [2.75, 3.05) is 6.54 Å². The van der Waals surface area contributed by atoms with E-state index in [4.69, 9.17) is 4.52 Å². The lowest BCUT2D eigenvalue weighted by Gasteiger charge is -2.27. The Bertz CT molecular complexity index is 581. The van der Waals surface area contributed by atoms with Gasteiger partial charge in [-0.2, -0.15) is 4.98 Å². The van der Waals surface area contributed by atoms with E-state index in [1.807, 2.05) is 19.2 Å². The highest BCUT2D eigenvalue weighted by Gasteiger charge is 2.26. The number of hydrogen-bond acceptors (Lipinski definition) is 5. The Labute approximate surface area is 118 Å². The Morgan fingerprint density at radius 3 is 3.15 bits per heavy atom. The first-order valence-electron chi connectivity index (χ1n) is 7.26. The number of pyridine rings is 1. The smallest absolute Gasteiger partial charge is 0.244 e. The predicted molar refractivity (Wildman–Crippen MR) is 76.0 cm³/mol. The van der Waals surface area contributed by atoms with E-state index >= 15 is 0 Å². The van der Waals surface area contributed by atoms with Gasteiger partial charge in [-0.05, 0) is 43.9 Å². The summed E-state index contributed by atoms with van der Waals surface area (Å²) in [5.41, 5.74) is 2.04. The van der Waals surface area contributed by atoms with Crippen LogP contribution < -0.4 is 5.32 Å². The van der Waals surface area contributed by atoms with Gasteiger partial charge >= 0.3 is 0 Å². The second-order valence-corrected chi connectivity index (χ2v) is 5.45. The van der Waals surface area contributed by atoms with Crippen LogP contribution in [0.15, 0.2) is 23.0 Å². The molecule has 1 fully saturated rings. The van der Waals surface area contributed by atoms with Gasteiger partial charge in [0, 0.05) is 18.0 Å². The summed E-state index contributed by atoms with van der Waals surface area (Å²) in [6.45, 7) is 5.27. The van der Waals surface area contributed by atoms with Gasteiger partial charge in [-0.1, -0.05) is 18.5 Å². The zero-order chi connectivity index (χ0) is 13.9.